The Hall–Kier alpha value is -0.960. The summed E-state index contributed by atoms with van der Waals surface area (Å²) in [6.07, 6.45) is 0. The lowest BCUT2D eigenvalue weighted by atomic mass is 10.4. The highest BCUT2D eigenvalue weighted by Gasteiger charge is 1.95. The quantitative estimate of drug-likeness (QED) is 0.419. The number of rotatable bonds is 4. The SMILES string of the molecule is CC(=O)O[CH]CSc1ccccc1. The van der Waals surface area contributed by atoms with E-state index in [0.717, 1.165) is 0 Å². The normalized spacial score (nSPS) is 9.62. The van der Waals surface area contributed by atoms with Gasteiger partial charge in [0.05, 0.1) is 0 Å². The van der Waals surface area contributed by atoms with Crippen molar-refractivity contribution in [3.63, 3.8) is 0 Å². The van der Waals surface area contributed by atoms with Crippen LogP contribution in [0.3, 0.4) is 0 Å². The molecule has 0 fully saturated rings. The van der Waals surface area contributed by atoms with Crippen molar-refractivity contribution in [2.75, 3.05) is 5.75 Å². The smallest absolute Gasteiger partial charge is 0.303 e. The Kier molecular flexibility index (Phi) is 4.40. The molecular weight excluding hydrogens is 184 g/mol. The second kappa shape index (κ2) is 5.65. The van der Waals surface area contributed by atoms with Crippen molar-refractivity contribution < 1.29 is 9.53 Å². The van der Waals surface area contributed by atoms with Gasteiger partial charge in [-0.15, -0.1) is 11.8 Å². The van der Waals surface area contributed by atoms with Crippen LogP contribution in [-0.2, 0) is 9.53 Å². The highest BCUT2D eigenvalue weighted by atomic mass is 32.2. The van der Waals surface area contributed by atoms with E-state index in [2.05, 4.69) is 4.74 Å². The fraction of sp³-hybridized carbons (Fsp3) is 0.200. The van der Waals surface area contributed by atoms with E-state index in [-0.39, 0.29) is 5.97 Å². The van der Waals surface area contributed by atoms with E-state index >= 15 is 0 Å². The molecule has 1 aromatic carbocycles. The lowest BCUT2D eigenvalue weighted by Gasteiger charge is -2.00. The van der Waals surface area contributed by atoms with Crippen LogP contribution < -0.4 is 0 Å². The van der Waals surface area contributed by atoms with Gasteiger partial charge in [0.2, 0.25) is 0 Å². The van der Waals surface area contributed by atoms with Gasteiger partial charge in [0.1, 0.15) is 6.61 Å². The Morgan fingerprint density at radius 3 is 2.77 bits per heavy atom. The Bertz CT molecular complexity index is 259. The molecule has 1 radical (unpaired) electrons. The monoisotopic (exact) mass is 195 g/mol. The maximum atomic E-state index is 10.4. The predicted molar refractivity (Wildman–Crippen MR) is 53.2 cm³/mol. The lowest BCUT2D eigenvalue weighted by Crippen LogP contribution is -1.96. The summed E-state index contributed by atoms with van der Waals surface area (Å²) in [5, 5.41) is 0. The maximum Gasteiger partial charge on any atom is 0.303 e. The molecule has 0 atom stereocenters. The first kappa shape index (κ1) is 10.1. The Balaban J connectivity index is 2.17. The molecular formula is C10H11O2S. The minimum absolute atomic E-state index is 0.270. The van der Waals surface area contributed by atoms with Gasteiger partial charge in [0, 0.05) is 17.6 Å². The third kappa shape index (κ3) is 4.58. The van der Waals surface area contributed by atoms with E-state index in [9.17, 15) is 4.79 Å². The standard InChI is InChI=1S/C10H11O2S/c1-9(11)12-7-8-13-10-5-3-2-4-6-10/h2-7H,8H2,1H3. The topological polar surface area (TPSA) is 26.3 Å². The van der Waals surface area contributed by atoms with Crippen LogP contribution >= 0.6 is 11.8 Å². The van der Waals surface area contributed by atoms with Crippen LogP contribution in [0.5, 0.6) is 0 Å². The zero-order chi connectivity index (χ0) is 9.52. The van der Waals surface area contributed by atoms with Crippen LogP contribution in [-0.4, -0.2) is 11.7 Å². The molecule has 0 N–H and O–H groups in total. The van der Waals surface area contributed by atoms with Crippen LogP contribution in [0.2, 0.25) is 0 Å². The molecule has 1 rings (SSSR count). The Morgan fingerprint density at radius 1 is 1.46 bits per heavy atom. The van der Waals surface area contributed by atoms with Crippen molar-refractivity contribution in [3.8, 4) is 0 Å². The summed E-state index contributed by atoms with van der Waals surface area (Å²) < 4.78 is 4.68. The first-order valence-corrected chi connectivity index (χ1v) is 4.94. The van der Waals surface area contributed by atoms with Crippen molar-refractivity contribution in [2.24, 2.45) is 0 Å². The Labute approximate surface area is 82.3 Å². The summed E-state index contributed by atoms with van der Waals surface area (Å²) in [5.41, 5.74) is 0. The zero-order valence-corrected chi connectivity index (χ0v) is 8.21. The van der Waals surface area contributed by atoms with Crippen LogP contribution in [0.4, 0.5) is 0 Å². The minimum Gasteiger partial charge on any atom is -0.458 e. The summed E-state index contributed by atoms with van der Waals surface area (Å²) in [6.45, 7) is 2.91. The highest BCUT2D eigenvalue weighted by molar-refractivity contribution is 7.99. The number of carbonyl (C=O) groups is 1. The molecule has 1 aromatic rings. The number of benzene rings is 1. The van der Waals surface area contributed by atoms with E-state index < -0.39 is 0 Å². The molecule has 0 saturated heterocycles. The fourth-order valence-electron chi connectivity index (χ4n) is 0.798. The van der Waals surface area contributed by atoms with E-state index in [1.807, 2.05) is 30.3 Å². The molecule has 2 nitrogen and oxygen atoms in total. The van der Waals surface area contributed by atoms with E-state index in [1.165, 1.54) is 18.4 Å². The molecule has 0 bridgehead atoms. The van der Waals surface area contributed by atoms with Gasteiger partial charge in [-0.3, -0.25) is 4.79 Å². The van der Waals surface area contributed by atoms with E-state index in [4.69, 9.17) is 0 Å². The highest BCUT2D eigenvalue weighted by Crippen LogP contribution is 2.17. The number of hydrogen-bond acceptors (Lipinski definition) is 3. The molecule has 13 heavy (non-hydrogen) atoms. The van der Waals surface area contributed by atoms with Crippen molar-refractivity contribution in [1.82, 2.24) is 0 Å². The second-order valence-corrected chi connectivity index (χ2v) is 3.49. The number of thioether (sulfide) groups is 1. The van der Waals surface area contributed by atoms with Gasteiger partial charge in [-0.25, -0.2) is 0 Å². The first-order chi connectivity index (χ1) is 6.29. The molecule has 0 amide bonds. The molecule has 0 aliphatic heterocycles. The van der Waals surface area contributed by atoms with Crippen molar-refractivity contribution in [1.29, 1.82) is 0 Å². The number of esters is 1. The van der Waals surface area contributed by atoms with Gasteiger partial charge in [-0.2, -0.15) is 0 Å². The zero-order valence-electron chi connectivity index (χ0n) is 7.40. The largest absolute Gasteiger partial charge is 0.458 e. The molecule has 0 heterocycles. The van der Waals surface area contributed by atoms with Gasteiger partial charge >= 0.3 is 5.97 Å². The molecule has 0 spiro atoms. The third-order valence-electron chi connectivity index (χ3n) is 1.31. The van der Waals surface area contributed by atoms with Crippen LogP contribution in [0.25, 0.3) is 0 Å². The first-order valence-electron chi connectivity index (χ1n) is 3.96. The minimum atomic E-state index is -0.270. The summed E-state index contributed by atoms with van der Waals surface area (Å²) in [6, 6.07) is 9.97. The van der Waals surface area contributed by atoms with Gasteiger partial charge in [0.25, 0.3) is 0 Å². The molecule has 3 heteroatoms. The van der Waals surface area contributed by atoms with Crippen molar-refractivity contribution in [2.45, 2.75) is 11.8 Å². The molecule has 0 aliphatic rings. The van der Waals surface area contributed by atoms with Crippen LogP contribution in [0.15, 0.2) is 35.2 Å². The average Bonchev–Trinajstić information content (AvgIpc) is 2.14. The van der Waals surface area contributed by atoms with E-state index in [1.54, 1.807) is 11.8 Å². The predicted octanol–water partition coefficient (Wildman–Crippen LogP) is 2.50. The second-order valence-electron chi connectivity index (χ2n) is 2.40. The van der Waals surface area contributed by atoms with Crippen molar-refractivity contribution in [3.05, 3.63) is 36.9 Å². The lowest BCUT2D eigenvalue weighted by molar-refractivity contribution is -0.137. The molecule has 0 aliphatic carbocycles. The number of carbonyl (C=O) groups excluding carboxylic acids is 1. The maximum absolute atomic E-state index is 10.4. The van der Waals surface area contributed by atoms with Gasteiger partial charge in [0.15, 0.2) is 0 Å². The number of ether oxygens (including phenoxy) is 1. The summed E-state index contributed by atoms with van der Waals surface area (Å²) in [5.74, 6) is 0.414. The average molecular weight is 195 g/mol. The van der Waals surface area contributed by atoms with E-state index in [0.29, 0.717) is 5.75 Å². The van der Waals surface area contributed by atoms with Crippen LogP contribution in [0.1, 0.15) is 6.92 Å². The third-order valence-corrected chi connectivity index (χ3v) is 2.22. The van der Waals surface area contributed by atoms with Gasteiger partial charge in [-0.05, 0) is 12.1 Å². The van der Waals surface area contributed by atoms with Gasteiger partial charge < -0.3 is 4.74 Å². The van der Waals surface area contributed by atoms with Crippen molar-refractivity contribution >= 4 is 17.7 Å². The molecule has 0 unspecified atom stereocenters. The fourth-order valence-corrected chi connectivity index (χ4v) is 1.48. The number of hydrogen-bond donors (Lipinski definition) is 0. The summed E-state index contributed by atoms with van der Waals surface area (Å²) in [4.78, 5) is 11.6. The Morgan fingerprint density at radius 2 is 2.15 bits per heavy atom. The van der Waals surface area contributed by atoms with Gasteiger partial charge in [-0.1, -0.05) is 18.2 Å². The summed E-state index contributed by atoms with van der Waals surface area (Å²) in [7, 11) is 0. The van der Waals surface area contributed by atoms with Crippen LogP contribution in [0, 0.1) is 6.61 Å². The molecule has 69 valence electrons. The summed E-state index contributed by atoms with van der Waals surface area (Å²) >= 11 is 1.63. The molecule has 0 aromatic heterocycles. The molecule has 0 saturated carbocycles.